The van der Waals surface area contributed by atoms with Crippen molar-refractivity contribution in [2.24, 2.45) is 0 Å². The molecule has 1 saturated carbocycles. The number of nitrogens with one attached hydrogen (secondary N) is 1. The second-order valence-corrected chi connectivity index (χ2v) is 9.13. The number of sulfonamides is 1. The molecule has 2 aromatic carbocycles. The highest BCUT2D eigenvalue weighted by Crippen LogP contribution is 2.23. The molecule has 1 N–H and O–H groups in total. The van der Waals surface area contributed by atoms with Crippen LogP contribution in [0.25, 0.3) is 0 Å². The molecule has 1 fully saturated rings. The van der Waals surface area contributed by atoms with E-state index in [0.29, 0.717) is 5.69 Å². The Morgan fingerprint density at radius 1 is 0.857 bits per heavy atom. The van der Waals surface area contributed by atoms with Crippen LogP contribution in [0.4, 0.5) is 5.69 Å². The molecule has 0 aliphatic heterocycles. The van der Waals surface area contributed by atoms with Gasteiger partial charge in [0.2, 0.25) is 5.91 Å². The third-order valence-corrected chi connectivity index (χ3v) is 6.92. The van der Waals surface area contributed by atoms with E-state index in [-0.39, 0.29) is 23.4 Å². The van der Waals surface area contributed by atoms with Crippen molar-refractivity contribution in [1.82, 2.24) is 5.32 Å². The molecule has 1 amide bonds. The first-order chi connectivity index (χ1) is 13.6. The Kier molecular flexibility index (Phi) is 7.09. The summed E-state index contributed by atoms with van der Waals surface area (Å²) in [4.78, 5) is 12.9. The minimum absolute atomic E-state index is 0.129. The van der Waals surface area contributed by atoms with Crippen LogP contribution in [0.2, 0.25) is 0 Å². The van der Waals surface area contributed by atoms with Crippen LogP contribution >= 0.6 is 0 Å². The summed E-state index contributed by atoms with van der Waals surface area (Å²) in [7, 11) is -3.83. The predicted octanol–water partition coefficient (Wildman–Crippen LogP) is 4.11. The van der Waals surface area contributed by atoms with Gasteiger partial charge in [-0.2, -0.15) is 0 Å². The van der Waals surface area contributed by atoms with Crippen LogP contribution in [0.1, 0.15) is 44.9 Å². The molecule has 6 heteroatoms. The standard InChI is InChI=1S/C22H28N2O3S/c25-22(23-19-12-6-2-1-3-7-13-19)18-24(20-14-8-4-9-15-20)28(26,27)21-16-10-5-11-17-21/h4-5,8-11,14-17,19H,1-3,6-7,12-13,18H2,(H,23,25). The average molecular weight is 401 g/mol. The topological polar surface area (TPSA) is 66.5 Å². The molecular formula is C22H28N2O3S. The predicted molar refractivity (Wildman–Crippen MR) is 112 cm³/mol. The van der Waals surface area contributed by atoms with Crippen molar-refractivity contribution >= 4 is 21.6 Å². The van der Waals surface area contributed by atoms with Gasteiger partial charge in [0, 0.05) is 6.04 Å². The summed E-state index contributed by atoms with van der Waals surface area (Å²) < 4.78 is 27.6. The monoisotopic (exact) mass is 400 g/mol. The molecule has 5 nitrogen and oxygen atoms in total. The van der Waals surface area contributed by atoms with Gasteiger partial charge in [-0.1, -0.05) is 68.5 Å². The fraction of sp³-hybridized carbons (Fsp3) is 0.409. The van der Waals surface area contributed by atoms with Crippen LogP contribution < -0.4 is 9.62 Å². The van der Waals surface area contributed by atoms with Gasteiger partial charge in [-0.05, 0) is 37.1 Å². The number of rotatable bonds is 6. The van der Waals surface area contributed by atoms with Gasteiger partial charge in [0.1, 0.15) is 6.54 Å². The van der Waals surface area contributed by atoms with E-state index in [1.807, 2.05) is 6.07 Å². The number of nitrogens with zero attached hydrogens (tertiary/aromatic N) is 1. The number of carbonyl (C=O) groups excluding carboxylic acids is 1. The van der Waals surface area contributed by atoms with E-state index in [1.54, 1.807) is 54.6 Å². The Balaban J connectivity index is 1.79. The molecule has 0 spiro atoms. The van der Waals surface area contributed by atoms with Crippen LogP contribution in [-0.4, -0.2) is 26.9 Å². The summed E-state index contributed by atoms with van der Waals surface area (Å²) in [5.74, 6) is -0.256. The maximum Gasteiger partial charge on any atom is 0.264 e. The molecule has 0 saturated heterocycles. The second kappa shape index (κ2) is 9.73. The largest absolute Gasteiger partial charge is 0.352 e. The van der Waals surface area contributed by atoms with E-state index in [4.69, 9.17) is 0 Å². The highest BCUT2D eigenvalue weighted by molar-refractivity contribution is 7.92. The zero-order valence-electron chi connectivity index (χ0n) is 16.1. The summed E-state index contributed by atoms with van der Waals surface area (Å²) in [6, 6.07) is 17.2. The Morgan fingerprint density at radius 3 is 2.00 bits per heavy atom. The number of hydrogen-bond donors (Lipinski definition) is 1. The first kappa shape index (κ1) is 20.4. The Labute approximate surface area is 167 Å². The molecule has 0 aromatic heterocycles. The maximum absolute atomic E-state index is 13.2. The van der Waals surface area contributed by atoms with Crippen molar-refractivity contribution in [1.29, 1.82) is 0 Å². The van der Waals surface area contributed by atoms with Gasteiger partial charge in [-0.25, -0.2) is 8.42 Å². The van der Waals surface area contributed by atoms with Gasteiger partial charge in [-0.15, -0.1) is 0 Å². The Bertz CT molecular complexity index is 846. The van der Waals surface area contributed by atoms with Crippen molar-refractivity contribution < 1.29 is 13.2 Å². The van der Waals surface area contributed by atoms with Crippen LogP contribution in [0.15, 0.2) is 65.6 Å². The highest BCUT2D eigenvalue weighted by atomic mass is 32.2. The number of hydrogen-bond acceptors (Lipinski definition) is 3. The zero-order valence-corrected chi connectivity index (χ0v) is 16.9. The summed E-state index contributed by atoms with van der Waals surface area (Å²) >= 11 is 0. The lowest BCUT2D eigenvalue weighted by Gasteiger charge is -2.26. The van der Waals surface area contributed by atoms with Crippen LogP contribution in [-0.2, 0) is 14.8 Å². The lowest BCUT2D eigenvalue weighted by Crippen LogP contribution is -2.44. The van der Waals surface area contributed by atoms with E-state index in [1.165, 1.54) is 23.6 Å². The lowest BCUT2D eigenvalue weighted by atomic mass is 9.97. The van der Waals surface area contributed by atoms with Crippen LogP contribution in [0.5, 0.6) is 0 Å². The molecule has 0 bridgehead atoms. The maximum atomic E-state index is 13.2. The molecule has 0 heterocycles. The first-order valence-corrected chi connectivity index (χ1v) is 11.4. The van der Waals surface area contributed by atoms with Gasteiger partial charge >= 0.3 is 0 Å². The fourth-order valence-corrected chi connectivity index (χ4v) is 5.08. The number of benzene rings is 2. The highest BCUT2D eigenvalue weighted by Gasteiger charge is 2.27. The molecule has 1 aliphatic carbocycles. The number of amides is 1. The Morgan fingerprint density at radius 2 is 1.39 bits per heavy atom. The van der Waals surface area contributed by atoms with Crippen molar-refractivity contribution in [3.8, 4) is 0 Å². The van der Waals surface area contributed by atoms with Crippen molar-refractivity contribution in [2.45, 2.75) is 55.9 Å². The lowest BCUT2D eigenvalue weighted by molar-refractivity contribution is -0.120. The minimum atomic E-state index is -3.83. The summed E-state index contributed by atoms with van der Waals surface area (Å²) in [6.45, 7) is -0.224. The zero-order chi connectivity index (χ0) is 19.8. The molecular weight excluding hydrogens is 372 g/mol. The third-order valence-electron chi connectivity index (χ3n) is 5.13. The second-order valence-electron chi connectivity index (χ2n) is 7.27. The van der Waals surface area contributed by atoms with Gasteiger partial charge in [0.05, 0.1) is 10.6 Å². The van der Waals surface area contributed by atoms with Crippen LogP contribution in [0.3, 0.4) is 0 Å². The van der Waals surface area contributed by atoms with Crippen molar-refractivity contribution in [2.75, 3.05) is 10.8 Å². The molecule has 0 unspecified atom stereocenters. The van der Waals surface area contributed by atoms with E-state index in [9.17, 15) is 13.2 Å². The molecule has 0 radical (unpaired) electrons. The summed E-state index contributed by atoms with van der Waals surface area (Å²) in [5, 5.41) is 3.07. The van der Waals surface area contributed by atoms with Crippen molar-refractivity contribution in [3.63, 3.8) is 0 Å². The number of carbonyl (C=O) groups is 1. The molecule has 2 aromatic rings. The molecule has 28 heavy (non-hydrogen) atoms. The van der Waals surface area contributed by atoms with Gasteiger partial charge < -0.3 is 5.32 Å². The smallest absolute Gasteiger partial charge is 0.264 e. The Hall–Kier alpha value is -2.34. The molecule has 150 valence electrons. The molecule has 3 rings (SSSR count). The number of para-hydroxylation sites is 1. The number of anilines is 1. The van der Waals surface area contributed by atoms with Gasteiger partial charge in [-0.3, -0.25) is 9.10 Å². The summed E-state index contributed by atoms with van der Waals surface area (Å²) in [5.41, 5.74) is 0.485. The van der Waals surface area contributed by atoms with E-state index >= 15 is 0 Å². The van der Waals surface area contributed by atoms with Crippen molar-refractivity contribution in [3.05, 3.63) is 60.7 Å². The van der Waals surface area contributed by atoms with Gasteiger partial charge in [0.15, 0.2) is 0 Å². The first-order valence-electron chi connectivity index (χ1n) is 9.99. The third kappa shape index (κ3) is 5.35. The van der Waals surface area contributed by atoms with Gasteiger partial charge in [0.25, 0.3) is 10.0 Å². The average Bonchev–Trinajstić information content (AvgIpc) is 2.69. The molecule has 0 atom stereocenters. The van der Waals surface area contributed by atoms with E-state index < -0.39 is 10.0 Å². The molecule has 1 aliphatic rings. The van der Waals surface area contributed by atoms with Crippen LogP contribution in [0, 0.1) is 0 Å². The SMILES string of the molecule is O=C(CN(c1ccccc1)S(=O)(=O)c1ccccc1)NC1CCCCCCC1. The normalized spacial score (nSPS) is 16.0. The van der Waals surface area contributed by atoms with E-state index in [0.717, 1.165) is 25.7 Å². The quantitative estimate of drug-likeness (QED) is 0.793. The summed E-state index contributed by atoms with van der Waals surface area (Å²) in [6.07, 6.45) is 7.80. The van der Waals surface area contributed by atoms with E-state index in [2.05, 4.69) is 5.32 Å². The fourth-order valence-electron chi connectivity index (χ4n) is 3.63. The minimum Gasteiger partial charge on any atom is -0.352 e.